The predicted octanol–water partition coefficient (Wildman–Crippen LogP) is -0.349. The number of nitrogens with zero attached hydrogens (tertiary/aromatic N) is 3. The first-order valence-electron chi connectivity index (χ1n) is 8.49. The molecule has 2 rings (SSSR count). The van der Waals surface area contributed by atoms with Crippen molar-refractivity contribution in [2.45, 2.75) is 13.3 Å². The first-order chi connectivity index (χ1) is 11.0. The number of hydrogen-bond acceptors (Lipinski definition) is 5. The maximum absolute atomic E-state index is 11.4. The minimum absolute atomic E-state index is 0.279. The second kappa shape index (κ2) is 8.84. The van der Waals surface area contributed by atoms with Gasteiger partial charge in [0.15, 0.2) is 15.8 Å². The molecule has 1 unspecified atom stereocenters. The van der Waals surface area contributed by atoms with Crippen LogP contribution in [-0.4, -0.2) is 95.2 Å². The summed E-state index contributed by atoms with van der Waals surface area (Å²) in [5.41, 5.74) is 0. The molecule has 2 saturated heterocycles. The van der Waals surface area contributed by atoms with Gasteiger partial charge in [-0.2, -0.15) is 0 Å². The van der Waals surface area contributed by atoms with Gasteiger partial charge >= 0.3 is 0 Å². The van der Waals surface area contributed by atoms with E-state index in [-0.39, 0.29) is 11.5 Å². The Labute approximate surface area is 140 Å². The minimum Gasteiger partial charge on any atom is -0.384 e. The van der Waals surface area contributed by atoms with Crippen LogP contribution in [0.15, 0.2) is 4.99 Å². The third-order valence-electron chi connectivity index (χ3n) is 4.44. The normalized spacial score (nSPS) is 25.7. The quantitative estimate of drug-likeness (QED) is 0.523. The van der Waals surface area contributed by atoms with Crippen LogP contribution in [0.2, 0.25) is 0 Å². The number of rotatable bonds is 6. The summed E-state index contributed by atoms with van der Waals surface area (Å²) >= 11 is 0. The lowest BCUT2D eigenvalue weighted by molar-refractivity contribution is 0.157. The first kappa shape index (κ1) is 18.5. The van der Waals surface area contributed by atoms with Crippen molar-refractivity contribution in [3.8, 4) is 0 Å². The number of guanidine groups is 1. The Morgan fingerprint density at radius 2 is 2.04 bits per heavy atom. The van der Waals surface area contributed by atoms with Crippen LogP contribution in [-0.2, 0) is 14.6 Å². The van der Waals surface area contributed by atoms with Crippen molar-refractivity contribution in [2.24, 2.45) is 10.9 Å². The Morgan fingerprint density at radius 1 is 1.30 bits per heavy atom. The third-order valence-corrected chi connectivity index (χ3v) is 6.05. The van der Waals surface area contributed by atoms with E-state index in [1.807, 2.05) is 0 Å². The van der Waals surface area contributed by atoms with Gasteiger partial charge in [0.1, 0.15) is 0 Å². The number of methoxy groups -OCH3 is 1. The largest absolute Gasteiger partial charge is 0.384 e. The van der Waals surface area contributed by atoms with Gasteiger partial charge in [0.05, 0.1) is 24.7 Å². The van der Waals surface area contributed by atoms with E-state index in [1.54, 1.807) is 7.11 Å². The molecule has 8 heteroatoms. The van der Waals surface area contributed by atoms with Crippen molar-refractivity contribution in [3.05, 3.63) is 0 Å². The van der Waals surface area contributed by atoms with Gasteiger partial charge in [-0.05, 0) is 13.3 Å². The zero-order valence-electron chi connectivity index (χ0n) is 14.3. The molecule has 134 valence electrons. The second-order valence-electron chi connectivity index (χ2n) is 6.29. The number of sulfone groups is 1. The lowest BCUT2D eigenvalue weighted by Crippen LogP contribution is -2.43. The number of aliphatic imine (C=N–C) groups is 1. The van der Waals surface area contributed by atoms with Crippen LogP contribution in [0.4, 0.5) is 0 Å². The molecule has 2 aliphatic heterocycles. The Kier molecular flexibility index (Phi) is 7.10. The summed E-state index contributed by atoms with van der Waals surface area (Å²) in [6.07, 6.45) is 1.14. The highest BCUT2D eigenvalue weighted by Gasteiger charge is 2.25. The van der Waals surface area contributed by atoms with Gasteiger partial charge in [-0.15, -0.1) is 0 Å². The number of nitrogens with one attached hydrogen (secondary N) is 1. The van der Waals surface area contributed by atoms with E-state index in [1.165, 1.54) is 0 Å². The van der Waals surface area contributed by atoms with E-state index in [2.05, 4.69) is 22.0 Å². The Hall–Kier alpha value is -0.860. The summed E-state index contributed by atoms with van der Waals surface area (Å²) in [4.78, 5) is 9.21. The zero-order valence-corrected chi connectivity index (χ0v) is 15.1. The minimum atomic E-state index is -2.80. The number of ether oxygens (including phenoxy) is 1. The molecule has 0 amide bonds. The maximum Gasteiger partial charge on any atom is 0.193 e. The lowest BCUT2D eigenvalue weighted by atomic mass is 10.1. The van der Waals surface area contributed by atoms with Crippen LogP contribution in [0.5, 0.6) is 0 Å². The number of likely N-dealkylation sites (tertiary alicyclic amines) is 1. The molecule has 0 bridgehead atoms. The molecule has 23 heavy (non-hydrogen) atoms. The molecular formula is C15H30N4O3S. The van der Waals surface area contributed by atoms with Crippen LogP contribution in [0, 0.1) is 5.92 Å². The predicted molar refractivity (Wildman–Crippen MR) is 92.6 cm³/mol. The van der Waals surface area contributed by atoms with E-state index in [0.717, 1.165) is 45.2 Å². The fourth-order valence-corrected chi connectivity index (χ4v) is 4.37. The highest BCUT2D eigenvalue weighted by atomic mass is 32.2. The summed E-state index contributed by atoms with van der Waals surface area (Å²) in [6, 6.07) is 0. The van der Waals surface area contributed by atoms with Crippen molar-refractivity contribution in [1.29, 1.82) is 0 Å². The molecule has 0 radical (unpaired) electrons. The van der Waals surface area contributed by atoms with Crippen molar-refractivity contribution < 1.29 is 13.2 Å². The molecule has 0 aromatic rings. The Balaban J connectivity index is 1.80. The van der Waals surface area contributed by atoms with Gasteiger partial charge in [0.25, 0.3) is 0 Å². The van der Waals surface area contributed by atoms with Crippen LogP contribution in [0.3, 0.4) is 0 Å². The Bertz CT molecular complexity index is 481. The lowest BCUT2D eigenvalue weighted by Gasteiger charge is -2.26. The second-order valence-corrected chi connectivity index (χ2v) is 8.59. The molecule has 2 fully saturated rings. The van der Waals surface area contributed by atoms with Crippen molar-refractivity contribution in [1.82, 2.24) is 15.1 Å². The highest BCUT2D eigenvalue weighted by molar-refractivity contribution is 7.91. The van der Waals surface area contributed by atoms with Gasteiger partial charge in [0.2, 0.25) is 0 Å². The van der Waals surface area contributed by atoms with E-state index in [4.69, 9.17) is 9.73 Å². The fourth-order valence-electron chi connectivity index (χ4n) is 3.09. The first-order valence-corrected chi connectivity index (χ1v) is 10.3. The van der Waals surface area contributed by atoms with Crippen LogP contribution < -0.4 is 5.32 Å². The molecule has 0 spiro atoms. The molecule has 0 aromatic heterocycles. The summed E-state index contributed by atoms with van der Waals surface area (Å²) < 4.78 is 28.1. The van der Waals surface area contributed by atoms with E-state index < -0.39 is 9.84 Å². The summed E-state index contributed by atoms with van der Waals surface area (Å²) in [5, 5.41) is 3.36. The molecular weight excluding hydrogens is 316 g/mol. The molecule has 0 saturated carbocycles. The molecule has 7 nitrogen and oxygen atoms in total. The van der Waals surface area contributed by atoms with E-state index in [0.29, 0.717) is 25.6 Å². The molecule has 1 atom stereocenters. The molecule has 1 N–H and O–H groups in total. The van der Waals surface area contributed by atoms with Gasteiger partial charge in [-0.1, -0.05) is 0 Å². The summed E-state index contributed by atoms with van der Waals surface area (Å²) in [6.45, 7) is 8.52. The van der Waals surface area contributed by atoms with Crippen molar-refractivity contribution in [3.63, 3.8) is 0 Å². The standard InChI is InChI=1S/C15H30N4O3S/c1-3-16-15(19-6-4-14(12-19)13-22-2)17-5-7-18-8-10-23(20,21)11-9-18/h14H,3-13H2,1-2H3,(H,16,17). The monoisotopic (exact) mass is 346 g/mol. The zero-order chi connectivity index (χ0) is 16.7. The molecule has 0 aliphatic carbocycles. The van der Waals surface area contributed by atoms with Crippen LogP contribution in [0.25, 0.3) is 0 Å². The van der Waals surface area contributed by atoms with E-state index in [9.17, 15) is 8.42 Å². The van der Waals surface area contributed by atoms with E-state index >= 15 is 0 Å². The van der Waals surface area contributed by atoms with Crippen LogP contribution >= 0.6 is 0 Å². The molecule has 2 aliphatic rings. The van der Waals surface area contributed by atoms with Crippen molar-refractivity contribution >= 4 is 15.8 Å². The SMILES string of the molecule is CCNC(=NCCN1CCS(=O)(=O)CC1)N1CCC(COC)C1. The maximum atomic E-state index is 11.4. The van der Waals surface area contributed by atoms with Gasteiger partial charge in [0, 0.05) is 52.3 Å². The van der Waals surface area contributed by atoms with Gasteiger partial charge in [-0.3, -0.25) is 9.89 Å². The van der Waals surface area contributed by atoms with Gasteiger partial charge in [-0.25, -0.2) is 8.42 Å². The van der Waals surface area contributed by atoms with Crippen molar-refractivity contribution in [2.75, 3.05) is 71.0 Å². The fraction of sp³-hybridized carbons (Fsp3) is 0.933. The van der Waals surface area contributed by atoms with Crippen LogP contribution in [0.1, 0.15) is 13.3 Å². The Morgan fingerprint density at radius 3 is 2.70 bits per heavy atom. The highest BCUT2D eigenvalue weighted by Crippen LogP contribution is 2.16. The average molecular weight is 346 g/mol. The third kappa shape index (κ3) is 5.93. The summed E-state index contributed by atoms with van der Waals surface area (Å²) in [5.74, 6) is 2.11. The smallest absolute Gasteiger partial charge is 0.193 e. The molecule has 0 aromatic carbocycles. The number of hydrogen-bond donors (Lipinski definition) is 1. The molecule has 2 heterocycles. The summed E-state index contributed by atoms with van der Waals surface area (Å²) in [7, 11) is -1.05. The van der Waals surface area contributed by atoms with Gasteiger partial charge < -0.3 is 15.0 Å². The topological polar surface area (TPSA) is 74.2 Å². The average Bonchev–Trinajstić information content (AvgIpc) is 2.97.